The van der Waals surface area contributed by atoms with Gasteiger partial charge in [-0.1, -0.05) is 51.8 Å². The summed E-state index contributed by atoms with van der Waals surface area (Å²) < 4.78 is 20.3. The van der Waals surface area contributed by atoms with E-state index in [1.165, 1.54) is 19.3 Å². The minimum atomic E-state index is -0.803. The van der Waals surface area contributed by atoms with Gasteiger partial charge in [0.2, 0.25) is 0 Å². The number of anilines is 1. The van der Waals surface area contributed by atoms with Crippen molar-refractivity contribution in [2.75, 3.05) is 12.0 Å². The van der Waals surface area contributed by atoms with Crippen molar-refractivity contribution in [3.8, 4) is 5.75 Å². The van der Waals surface area contributed by atoms with Crippen LogP contribution < -0.4 is 15.0 Å². The average molecular weight is 537 g/mol. The van der Waals surface area contributed by atoms with Crippen LogP contribution in [0.5, 0.6) is 5.75 Å². The lowest BCUT2D eigenvalue weighted by atomic mass is 10.00. The molecule has 6 nitrogen and oxygen atoms in total. The van der Waals surface area contributed by atoms with Crippen LogP contribution in [0.1, 0.15) is 27.8 Å². The molecule has 0 unspecified atom stereocenters. The summed E-state index contributed by atoms with van der Waals surface area (Å²) in [7, 11) is 1.49. The molecule has 0 atom stereocenters. The summed E-state index contributed by atoms with van der Waals surface area (Å²) in [4.78, 5) is 39.4. The first kappa shape index (κ1) is 24.3. The van der Waals surface area contributed by atoms with E-state index < -0.39 is 17.8 Å². The molecule has 1 aliphatic rings. The van der Waals surface area contributed by atoms with Gasteiger partial charge in [-0.25, -0.2) is 14.1 Å². The maximum atomic E-state index is 14.2. The highest BCUT2D eigenvalue weighted by Gasteiger charge is 2.37. The number of amides is 4. The standard InChI is InChI=1S/C27H22BrFN2O4/c1-15-8-9-23(16(2)10-15)31-26(33)20(25(32)30-27(31)34)11-17-12-21(28)19(24(13-17)35-3)14-18-6-4-5-7-22(18)29/h4-13H,14H2,1-3H3,(H,30,32,34)/b20-11+. The predicted molar refractivity (Wildman–Crippen MR) is 135 cm³/mol. The Hall–Kier alpha value is -3.78. The maximum Gasteiger partial charge on any atom is 0.335 e. The second-order valence-corrected chi connectivity index (χ2v) is 9.05. The number of urea groups is 1. The van der Waals surface area contributed by atoms with Crippen molar-refractivity contribution in [3.05, 3.63) is 98.3 Å². The van der Waals surface area contributed by atoms with Gasteiger partial charge in [0, 0.05) is 16.5 Å². The van der Waals surface area contributed by atoms with Crippen LogP contribution in [-0.2, 0) is 16.0 Å². The van der Waals surface area contributed by atoms with E-state index in [0.717, 1.165) is 16.0 Å². The van der Waals surface area contributed by atoms with Crippen LogP contribution in [0.3, 0.4) is 0 Å². The first-order chi connectivity index (χ1) is 16.7. The van der Waals surface area contributed by atoms with Crippen molar-refractivity contribution in [3.63, 3.8) is 0 Å². The average Bonchev–Trinajstić information content (AvgIpc) is 2.80. The minimum absolute atomic E-state index is 0.194. The first-order valence-electron chi connectivity index (χ1n) is 10.8. The highest BCUT2D eigenvalue weighted by molar-refractivity contribution is 9.10. The molecule has 8 heteroatoms. The number of ether oxygens (including phenoxy) is 1. The number of hydrogen-bond donors (Lipinski definition) is 1. The van der Waals surface area contributed by atoms with E-state index >= 15 is 0 Å². The van der Waals surface area contributed by atoms with Crippen LogP contribution in [0.4, 0.5) is 14.9 Å². The monoisotopic (exact) mass is 536 g/mol. The number of barbiturate groups is 1. The molecule has 0 saturated carbocycles. The number of aryl methyl sites for hydroxylation is 2. The Kier molecular flexibility index (Phi) is 6.84. The third-order valence-electron chi connectivity index (χ3n) is 5.73. The Bertz CT molecular complexity index is 1400. The zero-order valence-electron chi connectivity index (χ0n) is 19.3. The van der Waals surface area contributed by atoms with Crippen molar-refractivity contribution >= 4 is 45.5 Å². The third kappa shape index (κ3) is 4.88. The number of carbonyl (C=O) groups excluding carboxylic acids is 3. The summed E-state index contributed by atoms with van der Waals surface area (Å²) in [6.45, 7) is 3.70. The summed E-state index contributed by atoms with van der Waals surface area (Å²) in [5, 5.41) is 2.24. The highest BCUT2D eigenvalue weighted by Crippen LogP contribution is 2.33. The number of rotatable bonds is 5. The number of imide groups is 2. The molecule has 0 bridgehead atoms. The van der Waals surface area contributed by atoms with Crippen LogP contribution >= 0.6 is 15.9 Å². The Morgan fingerprint density at radius 1 is 1.06 bits per heavy atom. The molecule has 0 radical (unpaired) electrons. The van der Waals surface area contributed by atoms with Gasteiger partial charge in [-0.15, -0.1) is 0 Å². The summed E-state index contributed by atoms with van der Waals surface area (Å²) in [5.41, 5.74) is 3.63. The van der Waals surface area contributed by atoms with Crippen molar-refractivity contribution in [2.24, 2.45) is 0 Å². The lowest BCUT2D eigenvalue weighted by Crippen LogP contribution is -2.54. The molecule has 4 rings (SSSR count). The Balaban J connectivity index is 1.72. The molecule has 1 fully saturated rings. The number of halogens is 2. The number of benzene rings is 3. The van der Waals surface area contributed by atoms with Gasteiger partial charge in [0.15, 0.2) is 0 Å². The van der Waals surface area contributed by atoms with Gasteiger partial charge < -0.3 is 4.74 Å². The molecule has 4 amide bonds. The number of methoxy groups -OCH3 is 1. The van der Waals surface area contributed by atoms with E-state index in [0.29, 0.717) is 32.6 Å². The Morgan fingerprint density at radius 3 is 2.49 bits per heavy atom. The fraction of sp³-hybridized carbons (Fsp3) is 0.148. The molecular weight excluding hydrogens is 515 g/mol. The fourth-order valence-corrected chi connectivity index (χ4v) is 4.60. The summed E-state index contributed by atoms with van der Waals surface area (Å²) in [6.07, 6.45) is 1.68. The van der Waals surface area contributed by atoms with Crippen LogP contribution in [0.15, 0.2) is 64.6 Å². The lowest BCUT2D eigenvalue weighted by Gasteiger charge is -2.27. The third-order valence-corrected chi connectivity index (χ3v) is 6.44. The van der Waals surface area contributed by atoms with Gasteiger partial charge in [-0.3, -0.25) is 14.9 Å². The van der Waals surface area contributed by atoms with E-state index in [9.17, 15) is 18.8 Å². The van der Waals surface area contributed by atoms with Crippen molar-refractivity contribution < 1.29 is 23.5 Å². The summed E-state index contributed by atoms with van der Waals surface area (Å²) in [6, 6.07) is 14.4. The molecule has 1 saturated heterocycles. The maximum absolute atomic E-state index is 14.2. The van der Waals surface area contributed by atoms with Crippen LogP contribution in [0.2, 0.25) is 0 Å². The highest BCUT2D eigenvalue weighted by atomic mass is 79.9. The Labute approximate surface area is 210 Å². The van der Waals surface area contributed by atoms with Crippen molar-refractivity contribution in [2.45, 2.75) is 20.3 Å². The van der Waals surface area contributed by atoms with Crippen LogP contribution in [0, 0.1) is 19.7 Å². The number of nitrogens with zero attached hydrogens (tertiary/aromatic N) is 1. The predicted octanol–water partition coefficient (Wildman–Crippen LogP) is 5.47. The topological polar surface area (TPSA) is 75.7 Å². The van der Waals surface area contributed by atoms with Crippen LogP contribution in [0.25, 0.3) is 6.08 Å². The van der Waals surface area contributed by atoms with E-state index in [2.05, 4.69) is 21.2 Å². The van der Waals surface area contributed by atoms with Gasteiger partial charge in [-0.2, -0.15) is 0 Å². The zero-order chi connectivity index (χ0) is 25.3. The molecule has 1 N–H and O–H groups in total. The summed E-state index contributed by atoms with van der Waals surface area (Å²) >= 11 is 3.51. The van der Waals surface area contributed by atoms with Gasteiger partial charge >= 0.3 is 6.03 Å². The largest absolute Gasteiger partial charge is 0.496 e. The van der Waals surface area contributed by atoms with Crippen LogP contribution in [-0.4, -0.2) is 25.0 Å². The van der Waals surface area contributed by atoms with E-state index in [1.54, 1.807) is 49.4 Å². The number of nitrogens with one attached hydrogen (secondary N) is 1. The molecule has 3 aromatic carbocycles. The summed E-state index contributed by atoms with van der Waals surface area (Å²) in [5.74, 6) is -1.38. The second-order valence-electron chi connectivity index (χ2n) is 8.20. The van der Waals surface area contributed by atoms with Crippen molar-refractivity contribution in [1.82, 2.24) is 5.32 Å². The van der Waals surface area contributed by atoms with E-state index in [-0.39, 0.29) is 17.8 Å². The molecule has 178 valence electrons. The molecule has 0 spiro atoms. The molecule has 35 heavy (non-hydrogen) atoms. The second kappa shape index (κ2) is 9.84. The number of carbonyl (C=O) groups is 3. The molecule has 0 aromatic heterocycles. The van der Waals surface area contributed by atoms with E-state index in [4.69, 9.17) is 4.74 Å². The first-order valence-corrected chi connectivity index (χ1v) is 11.6. The quantitative estimate of drug-likeness (QED) is 0.346. The molecule has 1 aliphatic heterocycles. The van der Waals surface area contributed by atoms with Gasteiger partial charge in [-0.05, 0) is 60.9 Å². The van der Waals surface area contributed by atoms with E-state index in [1.807, 2.05) is 13.0 Å². The molecule has 3 aromatic rings. The number of hydrogen-bond acceptors (Lipinski definition) is 4. The van der Waals surface area contributed by atoms with Crippen molar-refractivity contribution in [1.29, 1.82) is 0 Å². The fourth-order valence-electron chi connectivity index (χ4n) is 4.00. The zero-order valence-corrected chi connectivity index (χ0v) is 20.9. The Morgan fingerprint density at radius 2 is 1.80 bits per heavy atom. The lowest BCUT2D eigenvalue weighted by molar-refractivity contribution is -0.122. The van der Waals surface area contributed by atoms with Gasteiger partial charge in [0.1, 0.15) is 17.1 Å². The SMILES string of the molecule is COc1cc(/C=C2\C(=O)NC(=O)N(c3ccc(C)cc3C)C2=O)cc(Br)c1Cc1ccccc1F. The molecular formula is C27H22BrFN2O4. The molecule has 0 aliphatic carbocycles. The molecule has 1 heterocycles. The van der Waals surface area contributed by atoms with Gasteiger partial charge in [0.05, 0.1) is 12.8 Å². The smallest absolute Gasteiger partial charge is 0.335 e. The minimum Gasteiger partial charge on any atom is -0.496 e. The normalized spacial score (nSPS) is 14.9. The van der Waals surface area contributed by atoms with Gasteiger partial charge in [0.25, 0.3) is 11.8 Å².